The molecule has 1 fully saturated rings. The molecule has 4 rings (SSSR count). The first kappa shape index (κ1) is 40.3. The fourth-order valence-corrected chi connectivity index (χ4v) is 6.20. The fourth-order valence-electron chi connectivity index (χ4n) is 6.20. The number of aliphatic imine (C=N–C) groups is 1. The normalized spacial score (nSPS) is 16.3. The van der Waals surface area contributed by atoms with Crippen LogP contribution in [0.1, 0.15) is 68.9 Å². The number of fused-ring (bicyclic) bond motifs is 1. The summed E-state index contributed by atoms with van der Waals surface area (Å²) in [6.45, 7) is 11.4. The zero-order chi connectivity index (χ0) is 37.6. The number of imide groups is 2. The van der Waals surface area contributed by atoms with Crippen LogP contribution >= 0.6 is 0 Å². The molecule has 2 aromatic carbocycles. The summed E-state index contributed by atoms with van der Waals surface area (Å²) in [7, 11) is 1.76. The SMILES string of the molecule is C/C=C(\C(C)=NC)c1cc(C(=O)NCCOCCOCCOCCOCCB(C)c2cccc3c2C(=O)N(C2CCC(=O)NC2=O)C3=O)ccc1C. The van der Waals surface area contributed by atoms with Gasteiger partial charge in [0.1, 0.15) is 6.04 Å². The molecule has 52 heavy (non-hydrogen) atoms. The minimum absolute atomic E-state index is 0.0746. The largest absolute Gasteiger partial charge is 0.380 e. The molecule has 5 amide bonds. The summed E-state index contributed by atoms with van der Waals surface area (Å²) >= 11 is 0. The van der Waals surface area contributed by atoms with Gasteiger partial charge in [-0.25, -0.2) is 0 Å². The number of hydrogen-bond acceptors (Lipinski definition) is 10. The Hall–Kier alpha value is -4.50. The molecule has 0 aliphatic carbocycles. The molecule has 2 aliphatic rings. The molecule has 2 aromatic rings. The zero-order valence-corrected chi connectivity index (χ0v) is 30.8. The molecule has 0 aromatic heterocycles. The van der Waals surface area contributed by atoms with Crippen molar-refractivity contribution in [2.75, 3.05) is 66.4 Å². The van der Waals surface area contributed by atoms with Crippen LogP contribution in [-0.2, 0) is 28.5 Å². The minimum atomic E-state index is -0.996. The van der Waals surface area contributed by atoms with Crippen LogP contribution in [0.15, 0.2) is 47.5 Å². The fraction of sp³-hybridized carbons (Fsp3) is 0.474. The summed E-state index contributed by atoms with van der Waals surface area (Å²) in [5.41, 5.74) is 5.89. The molecule has 1 unspecified atom stereocenters. The van der Waals surface area contributed by atoms with Gasteiger partial charge in [0, 0.05) is 43.5 Å². The number of nitrogens with zero attached hydrogens (tertiary/aromatic N) is 2. The number of hydrogen-bond donors (Lipinski definition) is 2. The lowest BCUT2D eigenvalue weighted by molar-refractivity contribution is -0.136. The predicted octanol–water partition coefficient (Wildman–Crippen LogP) is 2.72. The minimum Gasteiger partial charge on any atom is -0.380 e. The molecule has 278 valence electrons. The lowest BCUT2D eigenvalue weighted by Crippen LogP contribution is -2.54. The monoisotopic (exact) mass is 716 g/mol. The van der Waals surface area contributed by atoms with E-state index in [1.54, 1.807) is 19.2 Å². The highest BCUT2D eigenvalue weighted by Crippen LogP contribution is 2.27. The number of benzene rings is 2. The molecule has 0 bridgehead atoms. The maximum atomic E-state index is 13.3. The first-order valence-electron chi connectivity index (χ1n) is 17.7. The number of piperidine rings is 1. The van der Waals surface area contributed by atoms with Crippen LogP contribution in [0, 0.1) is 6.92 Å². The van der Waals surface area contributed by atoms with E-state index in [-0.39, 0.29) is 31.0 Å². The number of aryl methyl sites for hydroxylation is 1. The van der Waals surface area contributed by atoms with Crippen molar-refractivity contribution < 1.29 is 42.9 Å². The van der Waals surface area contributed by atoms with Gasteiger partial charge in [-0.15, -0.1) is 0 Å². The van der Waals surface area contributed by atoms with Gasteiger partial charge in [0.05, 0.1) is 51.8 Å². The van der Waals surface area contributed by atoms with Crippen LogP contribution in [0.3, 0.4) is 0 Å². The Morgan fingerprint density at radius 2 is 1.62 bits per heavy atom. The summed E-state index contributed by atoms with van der Waals surface area (Å²) in [4.78, 5) is 68.4. The van der Waals surface area contributed by atoms with Gasteiger partial charge < -0.3 is 24.3 Å². The first-order valence-corrected chi connectivity index (χ1v) is 17.7. The van der Waals surface area contributed by atoms with Crippen LogP contribution in [0.5, 0.6) is 0 Å². The standard InChI is InChI=1S/C38H49BN4O9/c1-6-28(26(3)40-5)30-24-27(11-10-25(30)2)35(45)41-15-17-50-19-21-52-23-22-51-20-18-49-16-14-39(4)31-9-7-8-29-34(31)38(48)43(37(29)47)32-12-13-33(44)42-36(32)46/h6-11,24,32H,12-23H2,1-5H3,(H,41,45)(H,42,44,46)/b28-6+,40-26?. The van der Waals surface area contributed by atoms with E-state index in [2.05, 4.69) is 15.6 Å². The van der Waals surface area contributed by atoms with Gasteiger partial charge in [0.15, 0.2) is 6.71 Å². The van der Waals surface area contributed by atoms with Crippen LogP contribution in [0.25, 0.3) is 5.57 Å². The number of carbonyl (C=O) groups is 5. The number of allylic oxidation sites excluding steroid dienone is 2. The molecule has 2 aliphatic heterocycles. The average molecular weight is 717 g/mol. The third-order valence-electron chi connectivity index (χ3n) is 9.18. The van der Waals surface area contributed by atoms with Gasteiger partial charge in [-0.3, -0.25) is 39.2 Å². The molecular weight excluding hydrogens is 667 g/mol. The number of amides is 5. The number of ether oxygens (including phenoxy) is 4. The van der Waals surface area contributed by atoms with Crippen molar-refractivity contribution in [2.24, 2.45) is 4.99 Å². The average Bonchev–Trinajstić information content (AvgIpc) is 3.39. The van der Waals surface area contributed by atoms with Gasteiger partial charge in [0.2, 0.25) is 11.8 Å². The molecular formula is C38H49BN4O9. The molecule has 2 N–H and O–H groups in total. The van der Waals surface area contributed by atoms with E-state index in [9.17, 15) is 24.0 Å². The van der Waals surface area contributed by atoms with E-state index in [1.807, 2.05) is 57.9 Å². The summed E-state index contributed by atoms with van der Waals surface area (Å²) in [5, 5.41) is 5.11. The van der Waals surface area contributed by atoms with Gasteiger partial charge >= 0.3 is 0 Å². The third kappa shape index (κ3) is 10.3. The summed E-state index contributed by atoms with van der Waals surface area (Å²) < 4.78 is 22.4. The molecule has 1 saturated heterocycles. The highest BCUT2D eigenvalue weighted by atomic mass is 16.6. The molecule has 2 heterocycles. The molecule has 0 saturated carbocycles. The lowest BCUT2D eigenvalue weighted by atomic mass is 9.44. The highest BCUT2D eigenvalue weighted by Gasteiger charge is 2.45. The van der Waals surface area contributed by atoms with Crippen molar-refractivity contribution in [1.29, 1.82) is 0 Å². The Bertz CT molecular complexity index is 1690. The molecule has 1 atom stereocenters. The number of carbonyl (C=O) groups excluding carboxylic acids is 5. The second-order valence-electron chi connectivity index (χ2n) is 12.7. The molecule has 14 heteroatoms. The second kappa shape index (κ2) is 19.9. The maximum absolute atomic E-state index is 13.3. The van der Waals surface area contributed by atoms with E-state index in [1.165, 1.54) is 0 Å². The quantitative estimate of drug-likeness (QED) is 0.0909. The first-order chi connectivity index (χ1) is 25.1. The Morgan fingerprint density at radius 1 is 0.962 bits per heavy atom. The van der Waals surface area contributed by atoms with Gasteiger partial charge in [0.25, 0.3) is 17.7 Å². The van der Waals surface area contributed by atoms with E-state index in [4.69, 9.17) is 18.9 Å². The van der Waals surface area contributed by atoms with Crippen LogP contribution in [0.4, 0.5) is 0 Å². The summed E-state index contributed by atoms with van der Waals surface area (Å²) in [5.74, 6) is -2.22. The summed E-state index contributed by atoms with van der Waals surface area (Å²) in [6, 6.07) is 9.81. The number of rotatable bonds is 20. The molecule has 0 radical (unpaired) electrons. The van der Waals surface area contributed by atoms with Gasteiger partial charge in [-0.1, -0.05) is 36.6 Å². The van der Waals surface area contributed by atoms with E-state index < -0.39 is 29.7 Å². The summed E-state index contributed by atoms with van der Waals surface area (Å²) in [6.07, 6.45) is 2.81. The van der Waals surface area contributed by atoms with Crippen molar-refractivity contribution in [3.05, 3.63) is 70.3 Å². The Morgan fingerprint density at radius 3 is 2.25 bits per heavy atom. The predicted molar refractivity (Wildman–Crippen MR) is 199 cm³/mol. The van der Waals surface area contributed by atoms with Crippen molar-refractivity contribution in [2.45, 2.75) is 52.8 Å². The van der Waals surface area contributed by atoms with E-state index in [0.717, 1.165) is 32.8 Å². The Kier molecular flexibility index (Phi) is 15.4. The molecule has 0 spiro atoms. The Labute approximate surface area is 305 Å². The zero-order valence-electron chi connectivity index (χ0n) is 30.8. The van der Waals surface area contributed by atoms with Crippen molar-refractivity contribution in [1.82, 2.24) is 15.5 Å². The van der Waals surface area contributed by atoms with E-state index in [0.29, 0.717) is 76.8 Å². The highest BCUT2D eigenvalue weighted by molar-refractivity contribution is 6.73. The Balaban J connectivity index is 1.03. The maximum Gasteiger partial charge on any atom is 0.262 e. The smallest absolute Gasteiger partial charge is 0.262 e. The van der Waals surface area contributed by atoms with E-state index >= 15 is 0 Å². The van der Waals surface area contributed by atoms with Gasteiger partial charge in [-0.05, 0) is 68.4 Å². The topological polar surface area (TPSA) is 162 Å². The second-order valence-corrected chi connectivity index (χ2v) is 12.7. The van der Waals surface area contributed by atoms with Crippen molar-refractivity contribution in [3.8, 4) is 0 Å². The van der Waals surface area contributed by atoms with Gasteiger partial charge in [-0.2, -0.15) is 0 Å². The van der Waals surface area contributed by atoms with Crippen LogP contribution < -0.4 is 16.1 Å². The molecule has 13 nitrogen and oxygen atoms in total. The number of nitrogens with one attached hydrogen (secondary N) is 2. The van der Waals surface area contributed by atoms with Crippen LogP contribution in [-0.4, -0.2) is 119 Å². The van der Waals surface area contributed by atoms with Crippen LogP contribution in [0.2, 0.25) is 13.1 Å². The third-order valence-corrected chi connectivity index (χ3v) is 9.18. The lowest BCUT2D eigenvalue weighted by Gasteiger charge is -2.28. The van der Waals surface area contributed by atoms with Crippen molar-refractivity contribution >= 4 is 53.0 Å². The van der Waals surface area contributed by atoms with Crippen molar-refractivity contribution in [3.63, 3.8) is 0 Å².